The van der Waals surface area contributed by atoms with Gasteiger partial charge in [-0.1, -0.05) is 32.0 Å². The molecule has 0 atom stereocenters. The predicted molar refractivity (Wildman–Crippen MR) is 78.9 cm³/mol. The Labute approximate surface area is 111 Å². The topological polar surface area (TPSA) is 29.3 Å². The molecule has 2 nitrogen and oxygen atoms in total. The summed E-state index contributed by atoms with van der Waals surface area (Å²) in [7, 11) is 0. The summed E-state index contributed by atoms with van der Waals surface area (Å²) in [6.45, 7) is 9.93. The van der Waals surface area contributed by atoms with Gasteiger partial charge in [0.25, 0.3) is 0 Å². The molecule has 1 heterocycles. The van der Waals surface area contributed by atoms with Gasteiger partial charge in [0, 0.05) is 25.3 Å². The average Bonchev–Trinajstić information content (AvgIpc) is 2.50. The van der Waals surface area contributed by atoms with E-state index in [0.717, 1.165) is 6.54 Å². The molecule has 0 saturated carbocycles. The molecule has 0 spiro atoms. The molecule has 1 aliphatic heterocycles. The van der Waals surface area contributed by atoms with Gasteiger partial charge in [-0.3, -0.25) is 0 Å². The van der Waals surface area contributed by atoms with Crippen LogP contribution in [0.4, 0.5) is 5.69 Å². The number of aryl methyl sites for hydroxylation is 1. The summed E-state index contributed by atoms with van der Waals surface area (Å²) in [5.41, 5.74) is 10.4. The fraction of sp³-hybridized carbons (Fsp3) is 0.625. The summed E-state index contributed by atoms with van der Waals surface area (Å²) in [5.74, 6) is 0. The highest BCUT2D eigenvalue weighted by Crippen LogP contribution is 2.33. The molecule has 18 heavy (non-hydrogen) atoms. The van der Waals surface area contributed by atoms with Crippen LogP contribution in [0.3, 0.4) is 0 Å². The van der Waals surface area contributed by atoms with Gasteiger partial charge in [-0.15, -0.1) is 0 Å². The van der Waals surface area contributed by atoms with Crippen LogP contribution in [0.15, 0.2) is 18.2 Å². The third-order valence-corrected chi connectivity index (χ3v) is 4.20. The molecule has 1 aromatic carbocycles. The number of rotatable bonds is 2. The molecular formula is C16H26N2. The number of hydrogen-bond donors (Lipinski definition) is 1. The molecule has 2 rings (SSSR count). The van der Waals surface area contributed by atoms with E-state index in [4.69, 9.17) is 5.73 Å². The van der Waals surface area contributed by atoms with Crippen LogP contribution in [-0.2, 0) is 6.54 Å². The molecule has 100 valence electrons. The van der Waals surface area contributed by atoms with Crippen molar-refractivity contribution in [3.8, 4) is 0 Å². The molecular weight excluding hydrogens is 220 g/mol. The average molecular weight is 246 g/mol. The second-order valence-electron chi connectivity index (χ2n) is 6.29. The molecule has 1 fully saturated rings. The van der Waals surface area contributed by atoms with Crippen LogP contribution in [0.1, 0.15) is 44.2 Å². The third kappa shape index (κ3) is 2.86. The molecule has 0 amide bonds. The van der Waals surface area contributed by atoms with E-state index in [1.165, 1.54) is 42.6 Å². The first-order valence-electron chi connectivity index (χ1n) is 7.07. The van der Waals surface area contributed by atoms with Crippen molar-refractivity contribution in [2.45, 2.75) is 46.6 Å². The smallest absolute Gasteiger partial charge is 0.0441 e. The largest absolute Gasteiger partial charge is 0.371 e. The second-order valence-corrected chi connectivity index (χ2v) is 6.29. The van der Waals surface area contributed by atoms with Gasteiger partial charge >= 0.3 is 0 Å². The van der Waals surface area contributed by atoms with Crippen LogP contribution >= 0.6 is 0 Å². The second kappa shape index (κ2) is 5.31. The lowest BCUT2D eigenvalue weighted by molar-refractivity contribution is 0.325. The van der Waals surface area contributed by atoms with Crippen LogP contribution in [0.5, 0.6) is 0 Å². The highest BCUT2D eigenvalue weighted by Gasteiger charge is 2.24. The lowest BCUT2D eigenvalue weighted by Gasteiger charge is -2.28. The molecule has 0 aliphatic carbocycles. The van der Waals surface area contributed by atoms with Crippen LogP contribution in [0.2, 0.25) is 0 Å². The van der Waals surface area contributed by atoms with Gasteiger partial charge in [0.1, 0.15) is 0 Å². The monoisotopic (exact) mass is 246 g/mol. The molecule has 1 aromatic rings. The van der Waals surface area contributed by atoms with Crippen molar-refractivity contribution in [3.63, 3.8) is 0 Å². The standard InChI is InChI=1S/C16H26N2/c1-13-6-4-7-14(12-17)15(13)18-10-5-8-16(2,3)9-11-18/h4,6-7H,5,8-12,17H2,1-3H3. The summed E-state index contributed by atoms with van der Waals surface area (Å²) >= 11 is 0. The Morgan fingerprint density at radius 3 is 2.72 bits per heavy atom. The van der Waals surface area contributed by atoms with Gasteiger partial charge in [-0.05, 0) is 42.7 Å². The van der Waals surface area contributed by atoms with Crippen LogP contribution in [0, 0.1) is 12.3 Å². The molecule has 1 aliphatic rings. The van der Waals surface area contributed by atoms with E-state index in [1.54, 1.807) is 0 Å². The minimum atomic E-state index is 0.486. The zero-order valence-electron chi connectivity index (χ0n) is 12.0. The van der Waals surface area contributed by atoms with Gasteiger partial charge in [-0.25, -0.2) is 0 Å². The number of hydrogen-bond acceptors (Lipinski definition) is 2. The van der Waals surface area contributed by atoms with Crippen LogP contribution in [0.25, 0.3) is 0 Å². The van der Waals surface area contributed by atoms with Gasteiger partial charge in [0.15, 0.2) is 0 Å². The fourth-order valence-corrected chi connectivity index (χ4v) is 2.98. The maximum absolute atomic E-state index is 5.89. The summed E-state index contributed by atoms with van der Waals surface area (Å²) in [6.07, 6.45) is 3.88. The molecule has 1 saturated heterocycles. The number of para-hydroxylation sites is 1. The van der Waals surface area contributed by atoms with Crippen molar-refractivity contribution >= 4 is 5.69 Å². The van der Waals surface area contributed by atoms with Crippen LogP contribution in [-0.4, -0.2) is 13.1 Å². The Morgan fingerprint density at radius 1 is 1.22 bits per heavy atom. The summed E-state index contributed by atoms with van der Waals surface area (Å²) < 4.78 is 0. The quantitative estimate of drug-likeness (QED) is 0.865. The van der Waals surface area contributed by atoms with E-state index >= 15 is 0 Å². The summed E-state index contributed by atoms with van der Waals surface area (Å²) in [5, 5.41) is 0. The zero-order valence-corrected chi connectivity index (χ0v) is 12.0. The third-order valence-electron chi connectivity index (χ3n) is 4.20. The molecule has 0 aromatic heterocycles. The number of benzene rings is 1. The first-order valence-corrected chi connectivity index (χ1v) is 7.07. The van der Waals surface area contributed by atoms with Crippen LogP contribution < -0.4 is 10.6 Å². The zero-order chi connectivity index (χ0) is 13.2. The van der Waals surface area contributed by atoms with Crippen molar-refractivity contribution < 1.29 is 0 Å². The molecule has 2 heteroatoms. The van der Waals surface area contributed by atoms with Gasteiger partial charge in [0.2, 0.25) is 0 Å². The lowest BCUT2D eigenvalue weighted by Crippen LogP contribution is -2.27. The van der Waals surface area contributed by atoms with E-state index in [-0.39, 0.29) is 0 Å². The van der Waals surface area contributed by atoms with Crippen molar-refractivity contribution in [1.82, 2.24) is 0 Å². The maximum atomic E-state index is 5.89. The fourth-order valence-electron chi connectivity index (χ4n) is 2.98. The maximum Gasteiger partial charge on any atom is 0.0441 e. The van der Waals surface area contributed by atoms with Gasteiger partial charge < -0.3 is 10.6 Å². The van der Waals surface area contributed by atoms with Gasteiger partial charge in [0.05, 0.1) is 0 Å². The minimum Gasteiger partial charge on any atom is -0.371 e. The number of nitrogens with two attached hydrogens (primary N) is 1. The normalized spacial score (nSPS) is 19.7. The molecule has 0 unspecified atom stereocenters. The molecule has 0 radical (unpaired) electrons. The first-order chi connectivity index (χ1) is 8.53. The SMILES string of the molecule is Cc1cccc(CN)c1N1CCCC(C)(C)CC1. The molecule has 2 N–H and O–H groups in total. The summed E-state index contributed by atoms with van der Waals surface area (Å²) in [4.78, 5) is 2.55. The Morgan fingerprint density at radius 2 is 2.00 bits per heavy atom. The molecule has 0 bridgehead atoms. The minimum absolute atomic E-state index is 0.486. The summed E-state index contributed by atoms with van der Waals surface area (Å²) in [6, 6.07) is 6.48. The Balaban J connectivity index is 2.26. The van der Waals surface area contributed by atoms with Crippen molar-refractivity contribution in [2.75, 3.05) is 18.0 Å². The lowest BCUT2D eigenvalue weighted by atomic mass is 9.85. The van der Waals surface area contributed by atoms with Gasteiger partial charge in [-0.2, -0.15) is 0 Å². The Hall–Kier alpha value is -1.02. The van der Waals surface area contributed by atoms with Crippen molar-refractivity contribution in [1.29, 1.82) is 0 Å². The Bertz CT molecular complexity index is 410. The predicted octanol–water partition coefficient (Wildman–Crippen LogP) is 3.47. The van der Waals surface area contributed by atoms with E-state index in [9.17, 15) is 0 Å². The van der Waals surface area contributed by atoms with E-state index in [1.807, 2.05) is 0 Å². The Kier molecular flexibility index (Phi) is 3.96. The van der Waals surface area contributed by atoms with E-state index < -0.39 is 0 Å². The number of nitrogens with zero attached hydrogens (tertiary/aromatic N) is 1. The highest BCUT2D eigenvalue weighted by atomic mass is 15.1. The van der Waals surface area contributed by atoms with Crippen molar-refractivity contribution in [3.05, 3.63) is 29.3 Å². The van der Waals surface area contributed by atoms with E-state index in [2.05, 4.69) is 43.9 Å². The first kappa shape index (κ1) is 13.4. The number of anilines is 1. The van der Waals surface area contributed by atoms with Crippen molar-refractivity contribution in [2.24, 2.45) is 11.1 Å². The highest BCUT2D eigenvalue weighted by molar-refractivity contribution is 5.59. The van der Waals surface area contributed by atoms with E-state index in [0.29, 0.717) is 12.0 Å².